The standard InChI is InChI=1S/C21H21Cl2N3O3/c22-16-7-6-15(12-17(16)23)13-24-19(27)9-8-18-20(28)26(21(29)25-18)11-10-14-4-2-1-3-5-14/h1-7,12,18H,8-11,13H2,(H,24,27)(H,25,29)/t18-/m0/s1. The zero-order chi connectivity index (χ0) is 20.8. The molecule has 1 atom stereocenters. The van der Waals surface area contributed by atoms with Crippen LogP contribution in [-0.2, 0) is 22.6 Å². The maximum atomic E-state index is 12.5. The topological polar surface area (TPSA) is 78.5 Å². The number of carbonyl (C=O) groups is 3. The number of halogens is 2. The molecule has 2 N–H and O–H groups in total. The third kappa shape index (κ3) is 5.71. The van der Waals surface area contributed by atoms with Gasteiger partial charge in [0.25, 0.3) is 5.91 Å². The van der Waals surface area contributed by atoms with Gasteiger partial charge in [0.1, 0.15) is 6.04 Å². The molecule has 3 rings (SSSR count). The largest absolute Gasteiger partial charge is 0.352 e. The molecular formula is C21H21Cl2N3O3. The van der Waals surface area contributed by atoms with Gasteiger partial charge in [0.15, 0.2) is 0 Å². The lowest BCUT2D eigenvalue weighted by Crippen LogP contribution is -2.33. The van der Waals surface area contributed by atoms with Crippen LogP contribution in [0.25, 0.3) is 0 Å². The highest BCUT2D eigenvalue weighted by molar-refractivity contribution is 6.42. The van der Waals surface area contributed by atoms with Crippen LogP contribution in [0.3, 0.4) is 0 Å². The average molecular weight is 434 g/mol. The van der Waals surface area contributed by atoms with E-state index in [1.165, 1.54) is 4.90 Å². The van der Waals surface area contributed by atoms with Crippen LogP contribution in [0, 0.1) is 0 Å². The Hall–Kier alpha value is -2.57. The van der Waals surface area contributed by atoms with Gasteiger partial charge in [0.05, 0.1) is 10.0 Å². The maximum absolute atomic E-state index is 12.5. The van der Waals surface area contributed by atoms with Gasteiger partial charge in [-0.15, -0.1) is 0 Å². The van der Waals surface area contributed by atoms with Gasteiger partial charge in [-0.2, -0.15) is 0 Å². The Morgan fingerprint density at radius 1 is 1.03 bits per heavy atom. The molecule has 0 aliphatic carbocycles. The number of carbonyl (C=O) groups excluding carboxylic acids is 3. The zero-order valence-corrected chi connectivity index (χ0v) is 17.2. The van der Waals surface area contributed by atoms with Crippen LogP contribution in [0.5, 0.6) is 0 Å². The van der Waals surface area contributed by atoms with Crippen molar-refractivity contribution in [3.8, 4) is 0 Å². The minimum Gasteiger partial charge on any atom is -0.352 e. The molecule has 0 saturated carbocycles. The first kappa shape index (κ1) is 21.1. The Balaban J connectivity index is 1.44. The van der Waals surface area contributed by atoms with Crippen molar-refractivity contribution in [2.75, 3.05) is 6.54 Å². The number of hydrogen-bond donors (Lipinski definition) is 2. The summed E-state index contributed by atoms with van der Waals surface area (Å²) in [5.41, 5.74) is 1.88. The average Bonchev–Trinajstić information content (AvgIpc) is 2.99. The second-order valence-corrected chi connectivity index (χ2v) is 7.61. The SMILES string of the molecule is O=C(CC[C@@H]1NC(=O)N(CCc2ccccc2)C1=O)NCc1ccc(Cl)c(Cl)c1. The highest BCUT2D eigenvalue weighted by Gasteiger charge is 2.37. The van der Waals surface area contributed by atoms with Gasteiger partial charge in [0, 0.05) is 19.5 Å². The van der Waals surface area contributed by atoms with Gasteiger partial charge in [-0.3, -0.25) is 14.5 Å². The van der Waals surface area contributed by atoms with E-state index in [4.69, 9.17) is 23.2 Å². The maximum Gasteiger partial charge on any atom is 0.324 e. The summed E-state index contributed by atoms with van der Waals surface area (Å²) in [6.45, 7) is 0.624. The monoisotopic (exact) mass is 433 g/mol. The van der Waals surface area contributed by atoms with Crippen molar-refractivity contribution in [2.45, 2.75) is 31.8 Å². The van der Waals surface area contributed by atoms with E-state index in [1.807, 2.05) is 30.3 Å². The van der Waals surface area contributed by atoms with Crippen LogP contribution >= 0.6 is 23.2 Å². The predicted molar refractivity (Wildman–Crippen MR) is 112 cm³/mol. The molecule has 1 saturated heterocycles. The number of rotatable bonds is 8. The third-order valence-corrected chi connectivity index (χ3v) is 5.45. The Labute approximate surface area is 179 Å². The molecule has 1 fully saturated rings. The molecule has 0 radical (unpaired) electrons. The van der Waals surface area contributed by atoms with Crippen molar-refractivity contribution >= 4 is 41.0 Å². The van der Waals surface area contributed by atoms with E-state index in [2.05, 4.69) is 10.6 Å². The molecule has 0 bridgehead atoms. The quantitative estimate of drug-likeness (QED) is 0.624. The van der Waals surface area contributed by atoms with E-state index in [9.17, 15) is 14.4 Å². The molecule has 8 heteroatoms. The fourth-order valence-corrected chi connectivity index (χ4v) is 3.40. The molecule has 1 aliphatic rings. The van der Waals surface area contributed by atoms with Crippen molar-refractivity contribution in [2.24, 2.45) is 0 Å². The van der Waals surface area contributed by atoms with Crippen molar-refractivity contribution < 1.29 is 14.4 Å². The zero-order valence-electron chi connectivity index (χ0n) is 15.7. The van der Waals surface area contributed by atoms with Crippen molar-refractivity contribution in [3.63, 3.8) is 0 Å². The first-order valence-corrected chi connectivity index (χ1v) is 10.1. The summed E-state index contributed by atoms with van der Waals surface area (Å²) in [6.07, 6.45) is 0.973. The molecule has 29 heavy (non-hydrogen) atoms. The number of hydrogen-bond acceptors (Lipinski definition) is 3. The molecular weight excluding hydrogens is 413 g/mol. The summed E-state index contributed by atoms with van der Waals surface area (Å²) in [6, 6.07) is 13.7. The van der Waals surface area contributed by atoms with Gasteiger partial charge in [0.2, 0.25) is 5.91 Å². The van der Waals surface area contributed by atoms with Crippen LogP contribution in [-0.4, -0.2) is 35.3 Å². The van der Waals surface area contributed by atoms with Crippen LogP contribution in [0.1, 0.15) is 24.0 Å². The van der Waals surface area contributed by atoms with E-state index in [1.54, 1.807) is 18.2 Å². The fraction of sp³-hybridized carbons (Fsp3) is 0.286. The van der Waals surface area contributed by atoms with E-state index >= 15 is 0 Å². The Morgan fingerprint density at radius 3 is 2.52 bits per heavy atom. The summed E-state index contributed by atoms with van der Waals surface area (Å²) < 4.78 is 0. The Bertz CT molecular complexity index is 905. The summed E-state index contributed by atoms with van der Waals surface area (Å²) in [4.78, 5) is 37.9. The molecule has 6 nitrogen and oxygen atoms in total. The molecule has 2 aromatic carbocycles. The van der Waals surface area contributed by atoms with E-state index in [0.29, 0.717) is 29.6 Å². The van der Waals surface area contributed by atoms with Crippen LogP contribution in [0.2, 0.25) is 10.0 Å². The number of nitrogens with one attached hydrogen (secondary N) is 2. The number of urea groups is 1. The number of nitrogens with zero attached hydrogens (tertiary/aromatic N) is 1. The van der Waals surface area contributed by atoms with Crippen LogP contribution in [0.4, 0.5) is 4.79 Å². The van der Waals surface area contributed by atoms with E-state index < -0.39 is 12.1 Å². The lowest BCUT2D eigenvalue weighted by atomic mass is 10.1. The number of amides is 4. The van der Waals surface area contributed by atoms with Gasteiger partial charge >= 0.3 is 6.03 Å². The van der Waals surface area contributed by atoms with Crippen LogP contribution < -0.4 is 10.6 Å². The van der Waals surface area contributed by atoms with E-state index in [-0.39, 0.29) is 24.7 Å². The molecule has 1 aliphatic heterocycles. The number of benzene rings is 2. The van der Waals surface area contributed by atoms with Gasteiger partial charge in [-0.05, 0) is 36.1 Å². The normalized spacial score (nSPS) is 16.1. The molecule has 0 aromatic heterocycles. The third-order valence-electron chi connectivity index (χ3n) is 4.71. The van der Waals surface area contributed by atoms with Crippen molar-refractivity contribution in [3.05, 3.63) is 69.7 Å². The van der Waals surface area contributed by atoms with Crippen molar-refractivity contribution in [1.29, 1.82) is 0 Å². The highest BCUT2D eigenvalue weighted by Crippen LogP contribution is 2.22. The summed E-state index contributed by atoms with van der Waals surface area (Å²) in [5.74, 6) is -0.496. The highest BCUT2D eigenvalue weighted by atomic mass is 35.5. The fourth-order valence-electron chi connectivity index (χ4n) is 3.08. The second kappa shape index (κ2) is 9.76. The first-order valence-electron chi connectivity index (χ1n) is 9.30. The second-order valence-electron chi connectivity index (χ2n) is 6.79. The number of imide groups is 1. The van der Waals surface area contributed by atoms with Gasteiger partial charge in [-0.25, -0.2) is 4.79 Å². The molecule has 4 amide bonds. The Kier molecular flexibility index (Phi) is 7.12. The Morgan fingerprint density at radius 2 is 1.79 bits per heavy atom. The molecule has 152 valence electrons. The smallest absolute Gasteiger partial charge is 0.324 e. The van der Waals surface area contributed by atoms with Crippen LogP contribution in [0.15, 0.2) is 48.5 Å². The molecule has 2 aromatic rings. The molecule has 0 unspecified atom stereocenters. The van der Waals surface area contributed by atoms with Gasteiger partial charge < -0.3 is 10.6 Å². The first-order chi connectivity index (χ1) is 13.9. The minimum absolute atomic E-state index is 0.129. The lowest BCUT2D eigenvalue weighted by Gasteiger charge is -2.13. The van der Waals surface area contributed by atoms with Crippen molar-refractivity contribution in [1.82, 2.24) is 15.5 Å². The lowest BCUT2D eigenvalue weighted by molar-refractivity contribution is -0.127. The van der Waals surface area contributed by atoms with Gasteiger partial charge in [-0.1, -0.05) is 59.6 Å². The molecule has 0 spiro atoms. The predicted octanol–water partition coefficient (Wildman–Crippen LogP) is 3.55. The molecule has 1 heterocycles. The van der Waals surface area contributed by atoms with E-state index in [0.717, 1.165) is 11.1 Å². The summed E-state index contributed by atoms with van der Waals surface area (Å²) in [7, 11) is 0. The summed E-state index contributed by atoms with van der Waals surface area (Å²) in [5, 5.41) is 6.31. The minimum atomic E-state index is -0.672. The summed E-state index contributed by atoms with van der Waals surface area (Å²) >= 11 is 11.8.